The molecule has 0 fully saturated rings. The average molecular weight is 185 g/mol. The zero-order chi connectivity index (χ0) is 9.30. The maximum atomic E-state index is 10.5. The molecule has 0 amide bonds. The van der Waals surface area contributed by atoms with Gasteiger partial charge < -0.3 is 5.11 Å². The van der Waals surface area contributed by atoms with Gasteiger partial charge in [0.05, 0.1) is 5.56 Å². The molecular formula is C9H9ClO2. The fourth-order valence-corrected chi connectivity index (χ4v) is 1.26. The third kappa shape index (κ3) is 1.30. The SMILES string of the molecule is Cc1cc(O)c(C=O)c(C)c1Cl. The van der Waals surface area contributed by atoms with Crippen molar-refractivity contribution in [2.45, 2.75) is 13.8 Å². The molecule has 0 aliphatic rings. The van der Waals surface area contributed by atoms with Crippen LogP contribution in [0.2, 0.25) is 5.02 Å². The van der Waals surface area contributed by atoms with Crippen molar-refractivity contribution in [2.75, 3.05) is 0 Å². The van der Waals surface area contributed by atoms with E-state index in [-0.39, 0.29) is 11.3 Å². The molecule has 2 nitrogen and oxygen atoms in total. The van der Waals surface area contributed by atoms with E-state index in [4.69, 9.17) is 11.6 Å². The molecule has 0 atom stereocenters. The van der Waals surface area contributed by atoms with Crippen molar-refractivity contribution in [1.29, 1.82) is 0 Å². The summed E-state index contributed by atoms with van der Waals surface area (Å²) < 4.78 is 0. The molecule has 0 heterocycles. The fourth-order valence-electron chi connectivity index (χ4n) is 1.10. The van der Waals surface area contributed by atoms with Gasteiger partial charge in [-0.2, -0.15) is 0 Å². The highest BCUT2D eigenvalue weighted by molar-refractivity contribution is 6.32. The van der Waals surface area contributed by atoms with Gasteiger partial charge in [-0.15, -0.1) is 0 Å². The maximum absolute atomic E-state index is 10.5. The molecule has 0 aliphatic carbocycles. The quantitative estimate of drug-likeness (QED) is 0.681. The number of carbonyl (C=O) groups excluding carboxylic acids is 1. The predicted molar refractivity (Wildman–Crippen MR) is 48.0 cm³/mol. The van der Waals surface area contributed by atoms with Crippen LogP contribution in [0.25, 0.3) is 0 Å². The summed E-state index contributed by atoms with van der Waals surface area (Å²) in [6.45, 7) is 3.49. The van der Waals surface area contributed by atoms with Crippen LogP contribution in [0.3, 0.4) is 0 Å². The van der Waals surface area contributed by atoms with Crippen molar-refractivity contribution in [3.8, 4) is 5.75 Å². The summed E-state index contributed by atoms with van der Waals surface area (Å²) in [6, 6.07) is 1.49. The molecular weight excluding hydrogens is 176 g/mol. The first-order valence-corrected chi connectivity index (χ1v) is 3.89. The zero-order valence-corrected chi connectivity index (χ0v) is 7.64. The lowest BCUT2D eigenvalue weighted by Gasteiger charge is -2.06. The van der Waals surface area contributed by atoms with Gasteiger partial charge in [-0.25, -0.2) is 0 Å². The fraction of sp³-hybridized carbons (Fsp3) is 0.222. The Hall–Kier alpha value is -1.02. The average Bonchev–Trinajstić information content (AvgIpc) is 2.01. The highest BCUT2D eigenvalue weighted by Gasteiger charge is 2.09. The molecule has 0 aromatic heterocycles. The molecule has 0 unspecified atom stereocenters. The van der Waals surface area contributed by atoms with Crippen molar-refractivity contribution in [3.63, 3.8) is 0 Å². The first-order chi connectivity index (χ1) is 5.57. The number of phenols is 1. The van der Waals surface area contributed by atoms with E-state index in [1.54, 1.807) is 13.8 Å². The van der Waals surface area contributed by atoms with Crippen LogP contribution in [0.1, 0.15) is 21.5 Å². The van der Waals surface area contributed by atoms with Gasteiger partial charge >= 0.3 is 0 Å². The lowest BCUT2D eigenvalue weighted by Crippen LogP contribution is -1.90. The number of aryl methyl sites for hydroxylation is 1. The van der Waals surface area contributed by atoms with Crippen molar-refractivity contribution in [1.82, 2.24) is 0 Å². The zero-order valence-electron chi connectivity index (χ0n) is 6.89. The predicted octanol–water partition coefficient (Wildman–Crippen LogP) is 2.47. The third-order valence-electron chi connectivity index (χ3n) is 1.83. The van der Waals surface area contributed by atoms with Gasteiger partial charge in [-0.3, -0.25) is 4.79 Å². The van der Waals surface area contributed by atoms with E-state index in [2.05, 4.69) is 0 Å². The number of hydrogen-bond donors (Lipinski definition) is 1. The molecule has 0 spiro atoms. The minimum Gasteiger partial charge on any atom is -0.507 e. The summed E-state index contributed by atoms with van der Waals surface area (Å²) in [7, 11) is 0. The Kier molecular flexibility index (Phi) is 2.38. The van der Waals surface area contributed by atoms with E-state index in [1.165, 1.54) is 6.07 Å². The summed E-state index contributed by atoms with van der Waals surface area (Å²) in [5, 5.41) is 9.84. The number of aromatic hydroxyl groups is 1. The van der Waals surface area contributed by atoms with E-state index in [0.717, 1.165) is 5.56 Å². The molecule has 0 bridgehead atoms. The number of benzene rings is 1. The second-order valence-electron chi connectivity index (χ2n) is 2.68. The molecule has 0 aliphatic heterocycles. The molecule has 0 saturated heterocycles. The standard InChI is InChI=1S/C9H9ClO2/c1-5-3-8(12)7(4-11)6(2)9(5)10/h3-4,12H,1-2H3. The van der Waals surface area contributed by atoms with Crippen LogP contribution in [-0.2, 0) is 0 Å². The Morgan fingerprint density at radius 2 is 2.08 bits per heavy atom. The van der Waals surface area contributed by atoms with Crippen LogP contribution in [0.5, 0.6) is 5.75 Å². The summed E-state index contributed by atoms with van der Waals surface area (Å²) >= 11 is 5.86. The normalized spacial score (nSPS) is 9.92. The van der Waals surface area contributed by atoms with Gasteiger partial charge in [0.15, 0.2) is 6.29 Å². The smallest absolute Gasteiger partial charge is 0.154 e. The van der Waals surface area contributed by atoms with Crippen LogP contribution >= 0.6 is 11.6 Å². The first-order valence-electron chi connectivity index (χ1n) is 3.51. The summed E-state index contributed by atoms with van der Waals surface area (Å²) in [5.41, 5.74) is 1.67. The lowest BCUT2D eigenvalue weighted by molar-refractivity contribution is 0.112. The van der Waals surface area contributed by atoms with E-state index < -0.39 is 0 Å². The van der Waals surface area contributed by atoms with Crippen molar-refractivity contribution in [3.05, 3.63) is 27.8 Å². The molecule has 1 aromatic carbocycles. The van der Waals surface area contributed by atoms with Crippen LogP contribution in [0.15, 0.2) is 6.07 Å². The van der Waals surface area contributed by atoms with Crippen LogP contribution < -0.4 is 0 Å². The second kappa shape index (κ2) is 3.15. The van der Waals surface area contributed by atoms with Gasteiger partial charge in [-0.05, 0) is 31.0 Å². The van der Waals surface area contributed by atoms with Crippen molar-refractivity contribution < 1.29 is 9.90 Å². The molecule has 1 aromatic rings. The van der Waals surface area contributed by atoms with E-state index >= 15 is 0 Å². The van der Waals surface area contributed by atoms with Gasteiger partial charge in [0.2, 0.25) is 0 Å². The summed E-state index contributed by atoms with van der Waals surface area (Å²) in [6.07, 6.45) is 0.607. The third-order valence-corrected chi connectivity index (χ3v) is 2.41. The Morgan fingerprint density at radius 1 is 1.50 bits per heavy atom. The largest absolute Gasteiger partial charge is 0.507 e. The van der Waals surface area contributed by atoms with Gasteiger partial charge in [-0.1, -0.05) is 11.6 Å². The Bertz CT molecular complexity index is 332. The van der Waals surface area contributed by atoms with Crippen LogP contribution in [-0.4, -0.2) is 11.4 Å². The van der Waals surface area contributed by atoms with Crippen LogP contribution in [0, 0.1) is 13.8 Å². The van der Waals surface area contributed by atoms with Crippen molar-refractivity contribution in [2.24, 2.45) is 0 Å². The first kappa shape index (κ1) is 9.07. The molecule has 3 heteroatoms. The maximum Gasteiger partial charge on any atom is 0.154 e. The van der Waals surface area contributed by atoms with Crippen LogP contribution in [0.4, 0.5) is 0 Å². The molecule has 0 saturated carbocycles. The monoisotopic (exact) mass is 184 g/mol. The minimum absolute atomic E-state index is 0.00981. The number of carbonyl (C=O) groups is 1. The van der Waals surface area contributed by atoms with Crippen molar-refractivity contribution >= 4 is 17.9 Å². The molecule has 1 rings (SSSR count). The number of hydrogen-bond acceptors (Lipinski definition) is 2. The second-order valence-corrected chi connectivity index (χ2v) is 3.06. The number of halogens is 1. The Morgan fingerprint density at radius 3 is 2.58 bits per heavy atom. The molecule has 12 heavy (non-hydrogen) atoms. The topological polar surface area (TPSA) is 37.3 Å². The minimum atomic E-state index is -0.00981. The van der Waals surface area contributed by atoms with E-state index in [9.17, 15) is 9.90 Å². The van der Waals surface area contributed by atoms with E-state index in [0.29, 0.717) is 16.9 Å². The van der Waals surface area contributed by atoms with Gasteiger partial charge in [0.25, 0.3) is 0 Å². The highest BCUT2D eigenvalue weighted by Crippen LogP contribution is 2.29. The lowest BCUT2D eigenvalue weighted by atomic mass is 10.1. The number of aldehydes is 1. The van der Waals surface area contributed by atoms with Gasteiger partial charge in [0, 0.05) is 5.02 Å². The van der Waals surface area contributed by atoms with E-state index in [1.807, 2.05) is 0 Å². The Balaban J connectivity index is 3.51. The molecule has 0 radical (unpaired) electrons. The van der Waals surface area contributed by atoms with Gasteiger partial charge in [0.1, 0.15) is 5.75 Å². The number of phenolic OH excluding ortho intramolecular Hbond substituents is 1. The summed E-state index contributed by atoms with van der Waals surface area (Å²) in [4.78, 5) is 10.5. The molecule has 64 valence electrons. The highest BCUT2D eigenvalue weighted by atomic mass is 35.5. The Labute approximate surface area is 75.8 Å². The summed E-state index contributed by atoms with van der Waals surface area (Å²) in [5.74, 6) is -0.00981. The molecule has 1 N–H and O–H groups in total. The number of rotatable bonds is 1.